The summed E-state index contributed by atoms with van der Waals surface area (Å²) in [6.45, 7) is 12.7. The van der Waals surface area contributed by atoms with Gasteiger partial charge in [-0.2, -0.15) is 0 Å². The Kier molecular flexibility index (Phi) is 9.43. The van der Waals surface area contributed by atoms with E-state index in [-0.39, 0.29) is 6.03 Å². The molecule has 0 atom stereocenters. The Morgan fingerprint density at radius 3 is 2.48 bits per heavy atom. The summed E-state index contributed by atoms with van der Waals surface area (Å²) in [4.78, 5) is 20.0. The predicted molar refractivity (Wildman–Crippen MR) is 95.7 cm³/mol. The molecule has 0 aromatic rings. The number of amides is 2. The Labute approximate surface area is 140 Å². The van der Waals surface area contributed by atoms with Crippen molar-refractivity contribution in [2.45, 2.75) is 46.1 Å². The Morgan fingerprint density at radius 2 is 1.96 bits per heavy atom. The van der Waals surface area contributed by atoms with Crippen molar-refractivity contribution < 1.29 is 4.79 Å². The number of carbonyl (C=O) groups excluding carboxylic acids is 1. The number of carbonyl (C=O) groups is 1. The van der Waals surface area contributed by atoms with Crippen LogP contribution in [0.15, 0.2) is 4.99 Å². The van der Waals surface area contributed by atoms with Crippen molar-refractivity contribution in [3.8, 4) is 0 Å². The van der Waals surface area contributed by atoms with E-state index < -0.39 is 0 Å². The third kappa shape index (κ3) is 7.54. The molecule has 1 fully saturated rings. The SMILES string of the molecule is CCCN(CC)CCN=C(NCC)NC1CCN(C(N)=O)CC1. The molecule has 1 heterocycles. The molecule has 7 heteroatoms. The lowest BCUT2D eigenvalue weighted by Gasteiger charge is -2.32. The maximum atomic E-state index is 11.2. The maximum absolute atomic E-state index is 11.2. The van der Waals surface area contributed by atoms with Gasteiger partial charge >= 0.3 is 6.03 Å². The molecule has 4 N–H and O–H groups in total. The van der Waals surface area contributed by atoms with Gasteiger partial charge in [0.25, 0.3) is 0 Å². The summed E-state index contributed by atoms with van der Waals surface area (Å²) in [5.41, 5.74) is 5.32. The molecule has 0 saturated carbocycles. The molecule has 0 aliphatic carbocycles. The zero-order chi connectivity index (χ0) is 17.1. The molecule has 0 aromatic heterocycles. The lowest BCUT2D eigenvalue weighted by Crippen LogP contribution is -2.50. The van der Waals surface area contributed by atoms with Crippen LogP contribution in [-0.2, 0) is 0 Å². The molecule has 0 radical (unpaired) electrons. The molecule has 23 heavy (non-hydrogen) atoms. The number of nitrogens with one attached hydrogen (secondary N) is 2. The number of nitrogens with zero attached hydrogens (tertiary/aromatic N) is 3. The average Bonchev–Trinajstić information content (AvgIpc) is 2.54. The minimum Gasteiger partial charge on any atom is -0.357 e. The smallest absolute Gasteiger partial charge is 0.314 e. The third-order valence-corrected chi connectivity index (χ3v) is 4.16. The first kappa shape index (κ1) is 19.5. The predicted octanol–water partition coefficient (Wildman–Crippen LogP) is 0.817. The van der Waals surface area contributed by atoms with Crippen LogP contribution in [0.25, 0.3) is 0 Å². The van der Waals surface area contributed by atoms with E-state index in [1.54, 1.807) is 4.90 Å². The van der Waals surface area contributed by atoms with Crippen LogP contribution in [0.2, 0.25) is 0 Å². The fraction of sp³-hybridized carbons (Fsp3) is 0.875. The lowest BCUT2D eigenvalue weighted by atomic mass is 10.1. The van der Waals surface area contributed by atoms with E-state index in [2.05, 4.69) is 41.3 Å². The van der Waals surface area contributed by atoms with Crippen LogP contribution < -0.4 is 16.4 Å². The van der Waals surface area contributed by atoms with Gasteiger partial charge in [0.1, 0.15) is 0 Å². The Balaban J connectivity index is 2.42. The molecule has 1 saturated heterocycles. The standard InChI is InChI=1S/C16H34N6O/c1-4-10-21(6-3)13-9-19-16(18-5-2)20-14-7-11-22(12-8-14)15(17)23/h14H,4-13H2,1-3H3,(H2,17,23)(H2,18,19,20). The fourth-order valence-corrected chi connectivity index (χ4v) is 2.81. The topological polar surface area (TPSA) is 86.0 Å². The average molecular weight is 326 g/mol. The van der Waals surface area contributed by atoms with Crippen LogP contribution >= 0.6 is 0 Å². The molecule has 1 aliphatic rings. The van der Waals surface area contributed by atoms with E-state index >= 15 is 0 Å². The molecule has 134 valence electrons. The number of guanidine groups is 1. The molecule has 0 bridgehead atoms. The highest BCUT2D eigenvalue weighted by atomic mass is 16.2. The van der Waals surface area contributed by atoms with Crippen molar-refractivity contribution >= 4 is 12.0 Å². The minimum absolute atomic E-state index is 0.320. The number of hydrogen-bond donors (Lipinski definition) is 3. The van der Waals surface area contributed by atoms with Gasteiger partial charge in [-0.25, -0.2) is 4.79 Å². The normalized spacial score (nSPS) is 16.7. The second-order valence-electron chi connectivity index (χ2n) is 5.94. The first-order valence-electron chi connectivity index (χ1n) is 8.92. The molecule has 1 rings (SSSR count). The van der Waals surface area contributed by atoms with Gasteiger partial charge in [-0.15, -0.1) is 0 Å². The van der Waals surface area contributed by atoms with Crippen molar-refractivity contribution in [1.29, 1.82) is 0 Å². The third-order valence-electron chi connectivity index (χ3n) is 4.16. The molecule has 7 nitrogen and oxygen atoms in total. The van der Waals surface area contributed by atoms with E-state index in [1.165, 1.54) is 6.42 Å². The number of primary amides is 1. The number of rotatable bonds is 8. The van der Waals surface area contributed by atoms with Crippen LogP contribution in [0.5, 0.6) is 0 Å². The summed E-state index contributed by atoms with van der Waals surface area (Å²) >= 11 is 0. The summed E-state index contributed by atoms with van der Waals surface area (Å²) in [5, 5.41) is 6.78. The van der Waals surface area contributed by atoms with E-state index in [1.807, 2.05) is 0 Å². The Hall–Kier alpha value is -1.50. The van der Waals surface area contributed by atoms with E-state index in [0.717, 1.165) is 51.5 Å². The number of piperidine rings is 1. The van der Waals surface area contributed by atoms with E-state index in [0.29, 0.717) is 19.1 Å². The summed E-state index contributed by atoms with van der Waals surface area (Å²) in [6, 6.07) is 0.0286. The van der Waals surface area contributed by atoms with Gasteiger partial charge in [0, 0.05) is 32.2 Å². The minimum atomic E-state index is -0.320. The number of likely N-dealkylation sites (N-methyl/N-ethyl adjacent to an activating group) is 1. The summed E-state index contributed by atoms with van der Waals surface area (Å²) in [7, 11) is 0. The van der Waals surface area contributed by atoms with Gasteiger partial charge < -0.3 is 26.2 Å². The Bertz CT molecular complexity index is 366. The highest BCUT2D eigenvalue weighted by molar-refractivity contribution is 5.80. The molecule has 1 aliphatic heterocycles. The largest absolute Gasteiger partial charge is 0.357 e. The van der Waals surface area contributed by atoms with Gasteiger partial charge in [0.2, 0.25) is 0 Å². The van der Waals surface area contributed by atoms with Crippen LogP contribution in [0.3, 0.4) is 0 Å². The zero-order valence-corrected chi connectivity index (χ0v) is 15.0. The van der Waals surface area contributed by atoms with E-state index in [4.69, 9.17) is 5.73 Å². The number of likely N-dealkylation sites (tertiary alicyclic amines) is 1. The number of aliphatic imine (C=N–C) groups is 1. The van der Waals surface area contributed by atoms with Crippen molar-refractivity contribution in [1.82, 2.24) is 20.4 Å². The van der Waals surface area contributed by atoms with Crippen LogP contribution in [0.4, 0.5) is 4.79 Å². The zero-order valence-electron chi connectivity index (χ0n) is 15.0. The molecular weight excluding hydrogens is 292 g/mol. The first-order valence-corrected chi connectivity index (χ1v) is 8.92. The maximum Gasteiger partial charge on any atom is 0.314 e. The van der Waals surface area contributed by atoms with Gasteiger partial charge in [-0.1, -0.05) is 13.8 Å². The van der Waals surface area contributed by atoms with Gasteiger partial charge in [-0.3, -0.25) is 4.99 Å². The van der Waals surface area contributed by atoms with E-state index in [9.17, 15) is 4.79 Å². The van der Waals surface area contributed by atoms with Gasteiger partial charge in [0.05, 0.1) is 6.54 Å². The quantitative estimate of drug-likeness (QED) is 0.455. The lowest BCUT2D eigenvalue weighted by molar-refractivity contribution is 0.188. The van der Waals surface area contributed by atoms with Crippen LogP contribution in [-0.4, -0.2) is 73.6 Å². The molecule has 0 aromatic carbocycles. The molecule has 0 unspecified atom stereocenters. The molecule has 2 amide bonds. The Morgan fingerprint density at radius 1 is 1.26 bits per heavy atom. The number of hydrogen-bond acceptors (Lipinski definition) is 3. The van der Waals surface area contributed by atoms with Gasteiger partial charge in [-0.05, 0) is 39.3 Å². The van der Waals surface area contributed by atoms with Crippen molar-refractivity contribution in [3.63, 3.8) is 0 Å². The highest BCUT2D eigenvalue weighted by Gasteiger charge is 2.21. The number of nitrogens with two attached hydrogens (primary N) is 1. The van der Waals surface area contributed by atoms with Crippen molar-refractivity contribution in [2.75, 3.05) is 45.8 Å². The molecule has 0 spiro atoms. The van der Waals surface area contributed by atoms with Crippen LogP contribution in [0, 0.1) is 0 Å². The fourth-order valence-electron chi connectivity index (χ4n) is 2.81. The second-order valence-corrected chi connectivity index (χ2v) is 5.94. The monoisotopic (exact) mass is 326 g/mol. The van der Waals surface area contributed by atoms with Gasteiger partial charge in [0.15, 0.2) is 5.96 Å². The van der Waals surface area contributed by atoms with Crippen LogP contribution in [0.1, 0.15) is 40.0 Å². The first-order chi connectivity index (χ1) is 11.1. The summed E-state index contributed by atoms with van der Waals surface area (Å²) < 4.78 is 0. The summed E-state index contributed by atoms with van der Waals surface area (Å²) in [6.07, 6.45) is 2.99. The summed E-state index contributed by atoms with van der Waals surface area (Å²) in [5.74, 6) is 0.873. The van der Waals surface area contributed by atoms with Crippen molar-refractivity contribution in [3.05, 3.63) is 0 Å². The second kappa shape index (κ2) is 11.1. The molecular formula is C16H34N6O. The number of urea groups is 1. The highest BCUT2D eigenvalue weighted by Crippen LogP contribution is 2.09. The van der Waals surface area contributed by atoms with Crippen molar-refractivity contribution in [2.24, 2.45) is 10.7 Å².